The number of amides is 1. The molecular formula is C21H17Cl2N3O3S2. The van der Waals surface area contributed by atoms with Crippen LogP contribution in [0.4, 0.5) is 5.82 Å². The van der Waals surface area contributed by atoms with Crippen LogP contribution >= 0.6 is 46.9 Å². The molecule has 2 aromatic carbocycles. The zero-order valence-electron chi connectivity index (χ0n) is 16.3. The van der Waals surface area contributed by atoms with Gasteiger partial charge in [0.1, 0.15) is 5.76 Å². The molecule has 10 heteroatoms. The number of halogens is 2. The van der Waals surface area contributed by atoms with Gasteiger partial charge in [-0.25, -0.2) is 0 Å². The lowest BCUT2D eigenvalue weighted by Gasteiger charge is -2.27. The van der Waals surface area contributed by atoms with Crippen LogP contribution in [0.2, 0.25) is 10.0 Å². The first kappa shape index (κ1) is 22.0. The first-order valence-corrected chi connectivity index (χ1v) is 11.8. The van der Waals surface area contributed by atoms with Gasteiger partial charge in [0, 0.05) is 29.3 Å². The summed E-state index contributed by atoms with van der Waals surface area (Å²) in [4.78, 5) is 13.6. The van der Waals surface area contributed by atoms with E-state index in [2.05, 4.69) is 10.5 Å². The van der Waals surface area contributed by atoms with Crippen molar-refractivity contribution >= 4 is 64.4 Å². The summed E-state index contributed by atoms with van der Waals surface area (Å²) in [6.45, 7) is 0. The average Bonchev–Trinajstić information content (AvgIpc) is 3.17. The maximum atomic E-state index is 12.8. The highest BCUT2D eigenvalue weighted by molar-refractivity contribution is 7.97. The first-order chi connectivity index (χ1) is 14.9. The zero-order chi connectivity index (χ0) is 22.0. The van der Waals surface area contributed by atoms with E-state index in [0.29, 0.717) is 27.1 Å². The summed E-state index contributed by atoms with van der Waals surface area (Å²) in [6, 6.07) is 14.6. The lowest BCUT2D eigenvalue weighted by Crippen LogP contribution is -2.27. The Bertz CT molecular complexity index is 1170. The van der Waals surface area contributed by atoms with Gasteiger partial charge in [-0.3, -0.25) is 4.79 Å². The molecule has 2 heterocycles. The molecule has 0 aliphatic carbocycles. The van der Waals surface area contributed by atoms with Crippen molar-refractivity contribution in [2.45, 2.75) is 16.4 Å². The van der Waals surface area contributed by atoms with Gasteiger partial charge in [-0.15, -0.1) is 11.8 Å². The van der Waals surface area contributed by atoms with Crippen LogP contribution in [0.15, 0.2) is 63.6 Å². The number of carbonyl (C=O) groups is 1. The quantitative estimate of drug-likeness (QED) is 0.393. The summed E-state index contributed by atoms with van der Waals surface area (Å²) in [6.07, 6.45) is 0. The van der Waals surface area contributed by atoms with Gasteiger partial charge in [-0.05, 0) is 41.8 Å². The number of nitrogens with one attached hydrogen (secondary N) is 1. The predicted molar refractivity (Wildman–Crippen MR) is 126 cm³/mol. The molecule has 0 unspecified atom stereocenters. The van der Waals surface area contributed by atoms with Gasteiger partial charge >= 0.3 is 0 Å². The fraction of sp³-hybridized carbons (Fsp3) is 0.143. The molecule has 1 aliphatic heterocycles. The Kier molecular flexibility index (Phi) is 6.71. The largest absolute Gasteiger partial charge is 0.505 e. The molecule has 1 aliphatic rings. The van der Waals surface area contributed by atoms with E-state index < -0.39 is 5.91 Å². The minimum atomic E-state index is -0.467. The Morgan fingerprint density at radius 3 is 2.81 bits per heavy atom. The van der Waals surface area contributed by atoms with Crippen LogP contribution in [0, 0.1) is 0 Å². The van der Waals surface area contributed by atoms with Gasteiger partial charge in [0.2, 0.25) is 0 Å². The number of hydrogen-bond acceptors (Lipinski definition) is 7. The molecule has 0 saturated carbocycles. The van der Waals surface area contributed by atoms with Crippen molar-refractivity contribution in [3.05, 3.63) is 81.2 Å². The number of anilines is 1. The Morgan fingerprint density at radius 1 is 1.19 bits per heavy atom. The molecule has 160 valence electrons. The van der Waals surface area contributed by atoms with Crippen molar-refractivity contribution in [2.24, 2.45) is 0 Å². The van der Waals surface area contributed by atoms with Gasteiger partial charge < -0.3 is 19.3 Å². The minimum Gasteiger partial charge on any atom is -0.505 e. The van der Waals surface area contributed by atoms with Crippen LogP contribution in [0.5, 0.6) is 0 Å². The van der Waals surface area contributed by atoms with E-state index in [-0.39, 0.29) is 17.3 Å². The summed E-state index contributed by atoms with van der Waals surface area (Å²) in [5.41, 5.74) is 1.82. The lowest BCUT2D eigenvalue weighted by molar-refractivity contribution is -0.113. The maximum absolute atomic E-state index is 12.8. The molecule has 0 saturated heterocycles. The van der Waals surface area contributed by atoms with Crippen LogP contribution in [-0.2, 0) is 16.3 Å². The van der Waals surface area contributed by atoms with Crippen LogP contribution in [-0.4, -0.2) is 27.5 Å². The van der Waals surface area contributed by atoms with Crippen LogP contribution < -0.4 is 5.32 Å². The van der Waals surface area contributed by atoms with Crippen molar-refractivity contribution in [3.8, 4) is 0 Å². The normalized spacial score (nSPS) is 13.3. The summed E-state index contributed by atoms with van der Waals surface area (Å²) in [5, 5.41) is 18.3. The number of aromatic nitrogens is 1. The highest BCUT2D eigenvalue weighted by atomic mass is 35.5. The molecule has 0 radical (unpaired) electrons. The Balaban J connectivity index is 1.38. The van der Waals surface area contributed by atoms with E-state index in [1.54, 1.807) is 41.3 Å². The van der Waals surface area contributed by atoms with E-state index >= 15 is 0 Å². The number of benzene rings is 2. The summed E-state index contributed by atoms with van der Waals surface area (Å²) in [5.74, 6) is 1.66. The summed E-state index contributed by atoms with van der Waals surface area (Å²) < 4.78 is 6.94. The number of thioether (sulfide) groups is 1. The first-order valence-electron chi connectivity index (χ1n) is 9.15. The molecule has 0 atom stereocenters. The van der Waals surface area contributed by atoms with E-state index in [4.69, 9.17) is 27.7 Å². The zero-order valence-corrected chi connectivity index (χ0v) is 19.4. The number of nitrogens with zero attached hydrogens (tertiary/aromatic N) is 2. The molecule has 4 rings (SSSR count). The maximum Gasteiger partial charge on any atom is 0.277 e. The van der Waals surface area contributed by atoms with Crippen molar-refractivity contribution in [1.82, 2.24) is 9.46 Å². The monoisotopic (exact) mass is 493 g/mol. The van der Waals surface area contributed by atoms with Crippen molar-refractivity contribution in [2.75, 3.05) is 12.4 Å². The Labute approximate surface area is 197 Å². The van der Waals surface area contributed by atoms with Gasteiger partial charge in [-0.2, -0.15) is 0 Å². The third-order valence-electron chi connectivity index (χ3n) is 4.43. The number of aliphatic hydroxyl groups excluding tert-OH is 1. The second-order valence-electron chi connectivity index (χ2n) is 6.66. The predicted octanol–water partition coefficient (Wildman–Crippen LogP) is 6.23. The van der Waals surface area contributed by atoms with Crippen LogP contribution in [0.25, 0.3) is 5.76 Å². The van der Waals surface area contributed by atoms with E-state index in [9.17, 15) is 9.90 Å². The highest BCUT2D eigenvalue weighted by Crippen LogP contribution is 2.38. The average molecular weight is 494 g/mol. The fourth-order valence-electron chi connectivity index (χ4n) is 2.98. The molecule has 0 spiro atoms. The number of hydrogen-bond donors (Lipinski definition) is 2. The molecule has 1 aromatic heterocycles. The number of carbonyl (C=O) groups excluding carboxylic acids is 1. The smallest absolute Gasteiger partial charge is 0.277 e. The lowest BCUT2D eigenvalue weighted by atomic mass is 10.1. The Morgan fingerprint density at radius 2 is 2.00 bits per heavy atom. The molecule has 6 nitrogen and oxygen atoms in total. The van der Waals surface area contributed by atoms with Crippen LogP contribution in [0.1, 0.15) is 16.9 Å². The Hall–Kier alpha value is -2.26. The number of aliphatic hydroxyl groups is 1. The van der Waals surface area contributed by atoms with Crippen molar-refractivity contribution in [1.29, 1.82) is 0 Å². The third-order valence-corrected chi connectivity index (χ3v) is 7.20. The molecule has 0 bridgehead atoms. The van der Waals surface area contributed by atoms with E-state index in [1.165, 1.54) is 11.9 Å². The number of fused-ring (bicyclic) bond motifs is 1. The molecule has 1 amide bonds. The molecule has 2 N–H and O–H groups in total. The van der Waals surface area contributed by atoms with Gasteiger partial charge in [-0.1, -0.05) is 46.6 Å². The van der Waals surface area contributed by atoms with Gasteiger partial charge in [0.05, 0.1) is 15.8 Å². The molecule has 0 fully saturated rings. The standard InChI is InChI=1S/C21H17Cl2N3O3S2/c1-26-19(20(27)14-4-2-3-5-17(14)31-26)21(28)24-18-9-13(29-25-18)11-30-10-12-6-7-15(22)16(23)8-12/h2-9,27H,10-11H2,1H3,(H,24,25,28). The van der Waals surface area contributed by atoms with Gasteiger partial charge in [0.25, 0.3) is 5.91 Å². The van der Waals surface area contributed by atoms with Gasteiger partial charge in [0.15, 0.2) is 17.3 Å². The SMILES string of the molecule is CN1Sc2ccccc2C(O)=C1C(=O)Nc1cc(CSCc2ccc(Cl)c(Cl)c2)on1. The third kappa shape index (κ3) is 4.98. The second kappa shape index (κ2) is 9.48. The number of likely N-dealkylation sites (N-methyl/N-ethyl adjacent to an activating group) is 1. The van der Waals surface area contributed by atoms with E-state index in [1.807, 2.05) is 30.3 Å². The molecular weight excluding hydrogens is 477 g/mol. The highest BCUT2D eigenvalue weighted by Gasteiger charge is 2.28. The number of rotatable bonds is 6. The van der Waals surface area contributed by atoms with Crippen molar-refractivity contribution < 1.29 is 14.4 Å². The minimum absolute atomic E-state index is 0.0738. The van der Waals surface area contributed by atoms with Crippen LogP contribution in [0.3, 0.4) is 0 Å². The second-order valence-corrected chi connectivity index (χ2v) is 9.63. The molecule has 31 heavy (non-hydrogen) atoms. The van der Waals surface area contributed by atoms with E-state index in [0.717, 1.165) is 16.2 Å². The van der Waals surface area contributed by atoms with Crippen molar-refractivity contribution in [3.63, 3.8) is 0 Å². The molecule has 3 aromatic rings. The summed E-state index contributed by atoms with van der Waals surface area (Å²) in [7, 11) is 1.72. The summed E-state index contributed by atoms with van der Waals surface area (Å²) >= 11 is 15.0. The fourth-order valence-corrected chi connectivity index (χ4v) is 5.11. The topological polar surface area (TPSA) is 78.6 Å².